The van der Waals surface area contributed by atoms with Crippen LogP contribution in [0.25, 0.3) is 0 Å². The molecule has 0 unspecified atom stereocenters. The molecule has 0 radical (unpaired) electrons. The van der Waals surface area contributed by atoms with Gasteiger partial charge < -0.3 is 10.4 Å². The summed E-state index contributed by atoms with van der Waals surface area (Å²) in [5.41, 5.74) is 4.18. The fraction of sp³-hybridized carbons (Fsp3) is 0.708. The summed E-state index contributed by atoms with van der Waals surface area (Å²) in [4.78, 5) is 17.5. The van der Waals surface area contributed by atoms with Gasteiger partial charge in [0.1, 0.15) is 0 Å². The maximum absolute atomic E-state index is 12.8. The summed E-state index contributed by atoms with van der Waals surface area (Å²) in [5.74, 6) is 0.127. The molecule has 1 amide bonds. The second-order valence-electron chi connectivity index (χ2n) is 9.26. The zero-order valence-electron chi connectivity index (χ0n) is 17.9. The Hall–Kier alpha value is -1.43. The Kier molecular flexibility index (Phi) is 6.88. The molecular weight excluding hydrogens is 362 g/mol. The first kappa shape index (κ1) is 20.8. The van der Waals surface area contributed by atoms with E-state index >= 15 is 0 Å². The Morgan fingerprint density at radius 3 is 2.59 bits per heavy atom. The third-order valence-electron chi connectivity index (χ3n) is 7.25. The fourth-order valence-electron chi connectivity index (χ4n) is 5.50. The second kappa shape index (κ2) is 9.59. The van der Waals surface area contributed by atoms with Gasteiger partial charge in [0.15, 0.2) is 0 Å². The molecule has 1 aromatic rings. The third kappa shape index (κ3) is 5.01. The molecule has 1 aromatic carbocycles. The van der Waals surface area contributed by atoms with Crippen molar-refractivity contribution in [3.63, 3.8) is 0 Å². The highest BCUT2D eigenvalue weighted by Crippen LogP contribution is 2.25. The molecule has 4 rings (SSSR count). The van der Waals surface area contributed by atoms with Gasteiger partial charge in [0.25, 0.3) is 0 Å². The van der Waals surface area contributed by atoms with Gasteiger partial charge in [-0.15, -0.1) is 0 Å². The van der Waals surface area contributed by atoms with Crippen LogP contribution in [0, 0.1) is 0 Å². The molecule has 0 spiro atoms. The smallest absolute Gasteiger partial charge is 0.234 e. The summed E-state index contributed by atoms with van der Waals surface area (Å²) >= 11 is 0. The molecule has 0 saturated carbocycles. The number of likely N-dealkylation sites (tertiary alicyclic amines) is 2. The predicted molar refractivity (Wildman–Crippen MR) is 116 cm³/mol. The van der Waals surface area contributed by atoms with Crippen molar-refractivity contribution in [2.45, 2.75) is 76.4 Å². The molecule has 3 aliphatic rings. The SMILES string of the molecule is C[C@H](NC(=O)CN1CCC[C@@H]1CN1CCC[C@H]1CO)c1ccc2c(c1)CCCC2. The number of benzene rings is 1. The lowest BCUT2D eigenvalue weighted by Gasteiger charge is -2.31. The van der Waals surface area contributed by atoms with E-state index in [-0.39, 0.29) is 18.6 Å². The molecule has 2 N–H and O–H groups in total. The number of amides is 1. The molecule has 3 atom stereocenters. The van der Waals surface area contributed by atoms with Crippen LogP contribution in [0.15, 0.2) is 18.2 Å². The minimum atomic E-state index is 0.0492. The number of carbonyl (C=O) groups excluding carboxylic acids is 1. The van der Waals surface area contributed by atoms with Crippen LogP contribution in [0.4, 0.5) is 0 Å². The van der Waals surface area contributed by atoms with Gasteiger partial charge in [-0.3, -0.25) is 14.6 Å². The molecule has 2 saturated heterocycles. The van der Waals surface area contributed by atoms with Crippen LogP contribution in [-0.4, -0.2) is 65.7 Å². The Morgan fingerprint density at radius 1 is 1.07 bits per heavy atom. The van der Waals surface area contributed by atoms with Crippen molar-refractivity contribution in [1.82, 2.24) is 15.1 Å². The molecule has 2 aliphatic heterocycles. The minimum absolute atomic E-state index is 0.0492. The lowest BCUT2D eigenvalue weighted by atomic mass is 9.89. The molecule has 1 aliphatic carbocycles. The normalized spacial score (nSPS) is 26.4. The fourth-order valence-corrected chi connectivity index (χ4v) is 5.50. The van der Waals surface area contributed by atoms with E-state index in [4.69, 9.17) is 0 Å². The summed E-state index contributed by atoms with van der Waals surface area (Å²) in [6.07, 6.45) is 9.54. The second-order valence-corrected chi connectivity index (χ2v) is 9.26. The third-order valence-corrected chi connectivity index (χ3v) is 7.25. The van der Waals surface area contributed by atoms with Crippen LogP contribution in [0.2, 0.25) is 0 Å². The van der Waals surface area contributed by atoms with Gasteiger partial charge in [-0.25, -0.2) is 0 Å². The molecule has 5 heteroatoms. The highest BCUT2D eigenvalue weighted by atomic mass is 16.3. The van der Waals surface area contributed by atoms with E-state index in [0.717, 1.165) is 38.9 Å². The van der Waals surface area contributed by atoms with E-state index in [2.05, 4.69) is 40.2 Å². The van der Waals surface area contributed by atoms with Gasteiger partial charge >= 0.3 is 0 Å². The van der Waals surface area contributed by atoms with Crippen molar-refractivity contribution in [3.05, 3.63) is 34.9 Å². The van der Waals surface area contributed by atoms with E-state index in [9.17, 15) is 9.90 Å². The number of hydrogen-bond acceptors (Lipinski definition) is 4. The van der Waals surface area contributed by atoms with E-state index in [1.165, 1.54) is 48.8 Å². The molecule has 29 heavy (non-hydrogen) atoms. The van der Waals surface area contributed by atoms with Crippen molar-refractivity contribution in [2.75, 3.05) is 32.8 Å². The standard InChI is InChI=1S/C24H37N3O2/c1-18(20-11-10-19-6-2-3-7-21(19)14-20)25-24(29)16-27-13-4-8-22(27)15-26-12-5-9-23(26)17-28/h10-11,14,18,22-23,28H,2-9,12-13,15-17H2,1H3,(H,25,29)/t18-,22+,23-/m0/s1. The molecule has 2 heterocycles. The number of aryl methyl sites for hydroxylation is 2. The van der Waals surface area contributed by atoms with Gasteiger partial charge in [0.2, 0.25) is 5.91 Å². The summed E-state index contributed by atoms with van der Waals surface area (Å²) in [5, 5.41) is 12.8. The molecule has 0 aromatic heterocycles. The number of aliphatic hydroxyl groups is 1. The number of aliphatic hydroxyl groups excluding tert-OH is 1. The van der Waals surface area contributed by atoms with Gasteiger partial charge in [0, 0.05) is 18.6 Å². The van der Waals surface area contributed by atoms with Gasteiger partial charge in [-0.05, 0) is 88.1 Å². The number of carbonyl (C=O) groups is 1. The minimum Gasteiger partial charge on any atom is -0.395 e. The van der Waals surface area contributed by atoms with E-state index in [1.807, 2.05) is 0 Å². The number of rotatable bonds is 7. The van der Waals surface area contributed by atoms with Gasteiger partial charge in [0.05, 0.1) is 19.2 Å². The summed E-state index contributed by atoms with van der Waals surface area (Å²) in [7, 11) is 0. The van der Waals surface area contributed by atoms with E-state index < -0.39 is 0 Å². The first-order valence-electron chi connectivity index (χ1n) is 11.6. The monoisotopic (exact) mass is 399 g/mol. The van der Waals surface area contributed by atoms with Crippen LogP contribution in [0.1, 0.15) is 68.2 Å². The van der Waals surface area contributed by atoms with E-state index in [0.29, 0.717) is 18.6 Å². The Morgan fingerprint density at radius 2 is 1.79 bits per heavy atom. The Bertz CT molecular complexity index is 707. The lowest BCUT2D eigenvalue weighted by Crippen LogP contribution is -2.46. The van der Waals surface area contributed by atoms with Crippen molar-refractivity contribution in [2.24, 2.45) is 0 Å². The topological polar surface area (TPSA) is 55.8 Å². The summed E-state index contributed by atoms with van der Waals surface area (Å²) in [6, 6.07) is 7.56. The molecule has 5 nitrogen and oxygen atoms in total. The highest BCUT2D eigenvalue weighted by molar-refractivity contribution is 5.78. The van der Waals surface area contributed by atoms with Gasteiger partial charge in [-0.1, -0.05) is 18.2 Å². The molecular formula is C24H37N3O2. The predicted octanol–water partition coefficient (Wildman–Crippen LogP) is 2.66. The van der Waals surface area contributed by atoms with Gasteiger partial charge in [-0.2, -0.15) is 0 Å². The zero-order valence-corrected chi connectivity index (χ0v) is 17.9. The number of hydrogen-bond donors (Lipinski definition) is 2. The van der Waals surface area contributed by atoms with Crippen LogP contribution in [0.3, 0.4) is 0 Å². The van der Waals surface area contributed by atoms with E-state index in [1.54, 1.807) is 0 Å². The molecule has 160 valence electrons. The van der Waals surface area contributed by atoms with Crippen molar-refractivity contribution in [1.29, 1.82) is 0 Å². The number of nitrogens with zero attached hydrogens (tertiary/aromatic N) is 2. The van der Waals surface area contributed by atoms with Crippen molar-refractivity contribution >= 4 is 5.91 Å². The lowest BCUT2D eigenvalue weighted by molar-refractivity contribution is -0.123. The van der Waals surface area contributed by atoms with Crippen LogP contribution in [0.5, 0.6) is 0 Å². The van der Waals surface area contributed by atoms with Crippen LogP contribution in [-0.2, 0) is 17.6 Å². The largest absolute Gasteiger partial charge is 0.395 e. The Balaban J connectivity index is 1.30. The van der Waals surface area contributed by atoms with Crippen molar-refractivity contribution in [3.8, 4) is 0 Å². The first-order chi connectivity index (χ1) is 14.1. The quantitative estimate of drug-likeness (QED) is 0.740. The van der Waals surface area contributed by atoms with Crippen LogP contribution < -0.4 is 5.32 Å². The summed E-state index contributed by atoms with van der Waals surface area (Å²) in [6.45, 7) is 5.90. The molecule has 0 bridgehead atoms. The maximum Gasteiger partial charge on any atom is 0.234 e. The zero-order chi connectivity index (χ0) is 20.2. The number of fused-ring (bicyclic) bond motifs is 1. The Labute approximate surface area is 175 Å². The van der Waals surface area contributed by atoms with Crippen LogP contribution >= 0.6 is 0 Å². The molecule has 2 fully saturated rings. The highest BCUT2D eigenvalue weighted by Gasteiger charge is 2.32. The maximum atomic E-state index is 12.8. The summed E-state index contributed by atoms with van der Waals surface area (Å²) < 4.78 is 0. The average molecular weight is 400 g/mol. The number of nitrogens with one attached hydrogen (secondary N) is 1. The average Bonchev–Trinajstić information content (AvgIpc) is 3.37. The van der Waals surface area contributed by atoms with Crippen molar-refractivity contribution < 1.29 is 9.90 Å². The first-order valence-corrected chi connectivity index (χ1v) is 11.6.